The number of nitrogens with zero attached hydrogens (tertiary/aromatic N) is 1. The van der Waals surface area contributed by atoms with Crippen LogP contribution >= 0.6 is 23.2 Å². The van der Waals surface area contributed by atoms with Gasteiger partial charge in [0.2, 0.25) is 0 Å². The molecule has 0 aliphatic heterocycles. The summed E-state index contributed by atoms with van der Waals surface area (Å²) in [5.41, 5.74) is 1.28. The predicted octanol–water partition coefficient (Wildman–Crippen LogP) is 3.98. The summed E-state index contributed by atoms with van der Waals surface area (Å²) in [6.45, 7) is 6.49. The highest BCUT2D eigenvalue weighted by molar-refractivity contribution is 6.32. The molecule has 0 aliphatic rings. The van der Waals surface area contributed by atoms with Crippen LogP contribution in [0.1, 0.15) is 26.3 Å². The molecule has 0 fully saturated rings. The molecule has 0 aromatic carbocycles. The van der Waals surface area contributed by atoms with E-state index in [0.717, 1.165) is 12.0 Å². The molecule has 0 aliphatic carbocycles. The fourth-order valence-electron chi connectivity index (χ4n) is 1.16. The van der Waals surface area contributed by atoms with Gasteiger partial charge in [-0.2, -0.15) is 0 Å². The van der Waals surface area contributed by atoms with Crippen molar-refractivity contribution in [1.29, 1.82) is 0 Å². The molecule has 0 radical (unpaired) electrons. The van der Waals surface area contributed by atoms with Crippen LogP contribution in [0.15, 0.2) is 12.3 Å². The maximum absolute atomic E-state index is 5.98. The molecule has 3 heteroatoms. The molecule has 1 heterocycles. The fraction of sp³-hybridized carbons (Fsp3) is 0.500. The van der Waals surface area contributed by atoms with Gasteiger partial charge in [0.15, 0.2) is 0 Å². The maximum atomic E-state index is 5.98. The van der Waals surface area contributed by atoms with Crippen LogP contribution in [0.25, 0.3) is 0 Å². The molecule has 0 saturated heterocycles. The number of pyridine rings is 1. The number of hydrogen-bond acceptors (Lipinski definition) is 1. The molecular weight excluding hydrogens is 205 g/mol. The lowest BCUT2D eigenvalue weighted by atomic mass is 9.88. The van der Waals surface area contributed by atoms with Crippen molar-refractivity contribution in [3.8, 4) is 0 Å². The Kier molecular flexibility index (Phi) is 3.20. The Morgan fingerprint density at radius 2 is 1.92 bits per heavy atom. The average Bonchev–Trinajstić information content (AvgIpc) is 1.94. The first-order valence-corrected chi connectivity index (χ1v) is 4.94. The quantitative estimate of drug-likeness (QED) is 0.649. The van der Waals surface area contributed by atoms with Gasteiger partial charge in [0.1, 0.15) is 5.15 Å². The van der Waals surface area contributed by atoms with Gasteiger partial charge in [-0.1, -0.05) is 44.0 Å². The summed E-state index contributed by atoms with van der Waals surface area (Å²) < 4.78 is 0. The van der Waals surface area contributed by atoms with E-state index in [4.69, 9.17) is 23.2 Å². The molecule has 0 amide bonds. The Bertz CT molecular complexity index is 302. The molecule has 1 nitrogen and oxygen atoms in total. The minimum absolute atomic E-state index is 0.217. The van der Waals surface area contributed by atoms with Crippen molar-refractivity contribution in [3.63, 3.8) is 0 Å². The van der Waals surface area contributed by atoms with E-state index < -0.39 is 0 Å². The van der Waals surface area contributed by atoms with Crippen LogP contribution in [-0.2, 0) is 6.42 Å². The van der Waals surface area contributed by atoms with Crippen molar-refractivity contribution in [2.45, 2.75) is 27.2 Å². The molecule has 13 heavy (non-hydrogen) atoms. The second-order valence-electron chi connectivity index (χ2n) is 4.34. The van der Waals surface area contributed by atoms with Gasteiger partial charge in [0.05, 0.1) is 5.02 Å². The summed E-state index contributed by atoms with van der Waals surface area (Å²) in [4.78, 5) is 3.90. The van der Waals surface area contributed by atoms with Crippen molar-refractivity contribution in [2.24, 2.45) is 5.41 Å². The first-order chi connectivity index (χ1) is 5.88. The van der Waals surface area contributed by atoms with Gasteiger partial charge in [-0.25, -0.2) is 4.98 Å². The Balaban J connectivity index is 2.94. The number of halogens is 2. The van der Waals surface area contributed by atoms with E-state index in [9.17, 15) is 0 Å². The molecule has 1 rings (SSSR count). The van der Waals surface area contributed by atoms with Gasteiger partial charge in [-0.05, 0) is 23.5 Å². The number of hydrogen-bond donors (Lipinski definition) is 0. The molecule has 0 saturated carbocycles. The molecule has 1 aromatic heterocycles. The third kappa shape index (κ3) is 3.53. The summed E-state index contributed by atoms with van der Waals surface area (Å²) in [5.74, 6) is 0. The largest absolute Gasteiger partial charge is 0.243 e. The van der Waals surface area contributed by atoms with Crippen LogP contribution < -0.4 is 0 Å². The smallest absolute Gasteiger partial charge is 0.129 e. The summed E-state index contributed by atoms with van der Waals surface area (Å²) in [6.07, 6.45) is 2.51. The van der Waals surface area contributed by atoms with Gasteiger partial charge in [0, 0.05) is 6.20 Å². The van der Waals surface area contributed by atoms with Crippen molar-refractivity contribution in [3.05, 3.63) is 28.0 Å². The second kappa shape index (κ2) is 3.85. The van der Waals surface area contributed by atoms with Crippen LogP contribution in [-0.4, -0.2) is 4.98 Å². The van der Waals surface area contributed by atoms with E-state index in [-0.39, 0.29) is 5.41 Å². The molecule has 0 N–H and O–H groups in total. The van der Waals surface area contributed by atoms with E-state index in [1.54, 1.807) is 6.20 Å². The number of rotatable bonds is 1. The van der Waals surface area contributed by atoms with Crippen LogP contribution in [0.2, 0.25) is 10.2 Å². The molecule has 0 unspecified atom stereocenters. The molecule has 0 atom stereocenters. The van der Waals surface area contributed by atoms with E-state index in [0.29, 0.717) is 10.2 Å². The summed E-state index contributed by atoms with van der Waals surface area (Å²) in [5, 5.41) is 1.20. The monoisotopic (exact) mass is 217 g/mol. The lowest BCUT2D eigenvalue weighted by Crippen LogP contribution is -2.09. The molecular formula is C10H13Cl2N. The van der Waals surface area contributed by atoms with Crippen molar-refractivity contribution < 1.29 is 0 Å². The van der Waals surface area contributed by atoms with Gasteiger partial charge < -0.3 is 0 Å². The third-order valence-electron chi connectivity index (χ3n) is 1.62. The highest BCUT2D eigenvalue weighted by atomic mass is 35.5. The Hall–Kier alpha value is -0.270. The fourth-order valence-corrected chi connectivity index (χ4v) is 1.51. The Labute approximate surface area is 89.1 Å². The predicted molar refractivity (Wildman–Crippen MR) is 57.4 cm³/mol. The van der Waals surface area contributed by atoms with Gasteiger partial charge in [-0.15, -0.1) is 0 Å². The Morgan fingerprint density at radius 3 is 2.46 bits per heavy atom. The molecule has 1 aromatic rings. The van der Waals surface area contributed by atoms with Gasteiger partial charge in [0.25, 0.3) is 0 Å². The number of aromatic nitrogens is 1. The van der Waals surface area contributed by atoms with E-state index in [2.05, 4.69) is 25.8 Å². The Morgan fingerprint density at radius 1 is 1.31 bits per heavy atom. The highest BCUT2D eigenvalue weighted by Gasteiger charge is 2.13. The first kappa shape index (κ1) is 10.8. The summed E-state index contributed by atoms with van der Waals surface area (Å²) in [7, 11) is 0. The minimum atomic E-state index is 0.217. The van der Waals surface area contributed by atoms with Crippen molar-refractivity contribution in [2.75, 3.05) is 0 Å². The summed E-state index contributed by atoms with van der Waals surface area (Å²) >= 11 is 11.8. The van der Waals surface area contributed by atoms with E-state index >= 15 is 0 Å². The highest BCUT2D eigenvalue weighted by Crippen LogP contribution is 2.26. The zero-order chi connectivity index (χ0) is 10.1. The third-order valence-corrected chi connectivity index (χ3v) is 2.17. The van der Waals surface area contributed by atoms with E-state index in [1.165, 1.54) is 0 Å². The van der Waals surface area contributed by atoms with E-state index in [1.807, 2.05) is 6.07 Å². The second-order valence-corrected chi connectivity index (χ2v) is 5.13. The zero-order valence-electron chi connectivity index (χ0n) is 8.06. The molecule has 72 valence electrons. The normalized spacial score (nSPS) is 11.8. The van der Waals surface area contributed by atoms with Crippen molar-refractivity contribution in [1.82, 2.24) is 4.98 Å². The van der Waals surface area contributed by atoms with Crippen molar-refractivity contribution >= 4 is 23.2 Å². The van der Waals surface area contributed by atoms with Gasteiger partial charge >= 0.3 is 0 Å². The standard InChI is InChI=1S/C10H13Cl2N/c1-10(2,3)5-7-4-9(12)13-6-8(7)11/h4,6H,5H2,1-3H3. The van der Waals surface area contributed by atoms with Gasteiger partial charge in [-0.3, -0.25) is 0 Å². The maximum Gasteiger partial charge on any atom is 0.129 e. The first-order valence-electron chi connectivity index (χ1n) is 4.18. The molecule has 0 bridgehead atoms. The minimum Gasteiger partial charge on any atom is -0.243 e. The molecule has 0 spiro atoms. The zero-order valence-corrected chi connectivity index (χ0v) is 9.58. The van der Waals surface area contributed by atoms with Crippen LogP contribution in [0, 0.1) is 5.41 Å². The lowest BCUT2D eigenvalue weighted by molar-refractivity contribution is 0.411. The summed E-state index contributed by atoms with van der Waals surface area (Å²) in [6, 6.07) is 1.83. The van der Waals surface area contributed by atoms with Crippen LogP contribution in [0.5, 0.6) is 0 Å². The van der Waals surface area contributed by atoms with Crippen LogP contribution in [0.3, 0.4) is 0 Å². The lowest BCUT2D eigenvalue weighted by Gasteiger charge is -2.18. The average molecular weight is 218 g/mol. The SMILES string of the molecule is CC(C)(C)Cc1cc(Cl)ncc1Cl. The topological polar surface area (TPSA) is 12.9 Å². The van der Waals surface area contributed by atoms with Crippen LogP contribution in [0.4, 0.5) is 0 Å².